The van der Waals surface area contributed by atoms with E-state index in [1.54, 1.807) is 0 Å². The molecule has 0 radical (unpaired) electrons. The van der Waals surface area contributed by atoms with Crippen molar-refractivity contribution in [2.24, 2.45) is 0 Å². The number of hydrogen-bond donors (Lipinski definition) is 1. The SMILES string of the molecule is COC(C(=O)O)c1ccc2ccccc2c1C. The van der Waals surface area contributed by atoms with Crippen molar-refractivity contribution in [3.63, 3.8) is 0 Å². The first kappa shape index (κ1) is 11.6. The molecule has 0 bridgehead atoms. The van der Waals surface area contributed by atoms with E-state index in [-0.39, 0.29) is 0 Å². The van der Waals surface area contributed by atoms with E-state index >= 15 is 0 Å². The van der Waals surface area contributed by atoms with Crippen LogP contribution in [0.5, 0.6) is 0 Å². The van der Waals surface area contributed by atoms with Gasteiger partial charge >= 0.3 is 5.97 Å². The second kappa shape index (κ2) is 4.55. The van der Waals surface area contributed by atoms with Gasteiger partial charge in [0, 0.05) is 7.11 Å². The molecule has 0 fully saturated rings. The standard InChI is InChI=1S/C14H14O3/c1-9-11-6-4-3-5-10(11)7-8-12(9)13(17-2)14(15)16/h3-8,13H,1-2H3,(H,15,16). The van der Waals surface area contributed by atoms with Crippen LogP contribution in [0.2, 0.25) is 0 Å². The molecule has 1 atom stereocenters. The predicted octanol–water partition coefficient (Wildman–Crippen LogP) is 2.92. The minimum Gasteiger partial charge on any atom is -0.479 e. The van der Waals surface area contributed by atoms with Crippen LogP contribution in [0.1, 0.15) is 17.2 Å². The molecule has 88 valence electrons. The van der Waals surface area contributed by atoms with Crippen molar-refractivity contribution in [2.75, 3.05) is 7.11 Å². The van der Waals surface area contributed by atoms with Crippen molar-refractivity contribution in [3.05, 3.63) is 47.5 Å². The fourth-order valence-electron chi connectivity index (χ4n) is 2.09. The highest BCUT2D eigenvalue weighted by Crippen LogP contribution is 2.27. The Hall–Kier alpha value is -1.87. The van der Waals surface area contributed by atoms with Crippen molar-refractivity contribution >= 4 is 16.7 Å². The van der Waals surface area contributed by atoms with Gasteiger partial charge in [-0.1, -0.05) is 36.4 Å². The highest BCUT2D eigenvalue weighted by Gasteiger charge is 2.21. The number of aliphatic carboxylic acids is 1. The minimum atomic E-state index is -0.967. The van der Waals surface area contributed by atoms with Crippen molar-refractivity contribution in [3.8, 4) is 0 Å². The van der Waals surface area contributed by atoms with E-state index in [1.807, 2.05) is 43.3 Å². The Balaban J connectivity index is 2.63. The topological polar surface area (TPSA) is 46.5 Å². The number of fused-ring (bicyclic) bond motifs is 1. The lowest BCUT2D eigenvalue weighted by atomic mass is 9.97. The predicted molar refractivity (Wildman–Crippen MR) is 66.1 cm³/mol. The molecule has 2 rings (SSSR count). The van der Waals surface area contributed by atoms with Crippen LogP contribution >= 0.6 is 0 Å². The number of methoxy groups -OCH3 is 1. The third-order valence-corrected chi connectivity index (χ3v) is 2.98. The van der Waals surface area contributed by atoms with E-state index in [2.05, 4.69) is 0 Å². The first-order valence-corrected chi connectivity index (χ1v) is 5.39. The zero-order valence-electron chi connectivity index (χ0n) is 9.81. The summed E-state index contributed by atoms with van der Waals surface area (Å²) in [4.78, 5) is 11.1. The Labute approximate surface area is 99.6 Å². The van der Waals surface area contributed by atoms with E-state index in [4.69, 9.17) is 9.84 Å². The van der Waals surface area contributed by atoms with Crippen LogP contribution < -0.4 is 0 Å². The second-order valence-electron chi connectivity index (χ2n) is 3.95. The van der Waals surface area contributed by atoms with Crippen LogP contribution in [0, 0.1) is 6.92 Å². The molecule has 0 spiro atoms. The van der Waals surface area contributed by atoms with Crippen molar-refractivity contribution in [1.82, 2.24) is 0 Å². The summed E-state index contributed by atoms with van der Waals surface area (Å²) in [6, 6.07) is 11.7. The molecule has 0 saturated carbocycles. The molecule has 2 aromatic rings. The largest absolute Gasteiger partial charge is 0.479 e. The maximum absolute atomic E-state index is 11.1. The van der Waals surface area contributed by atoms with Gasteiger partial charge in [0.2, 0.25) is 0 Å². The molecular weight excluding hydrogens is 216 g/mol. The third-order valence-electron chi connectivity index (χ3n) is 2.98. The number of aryl methyl sites for hydroxylation is 1. The monoisotopic (exact) mass is 230 g/mol. The average molecular weight is 230 g/mol. The Morgan fingerprint density at radius 1 is 1.24 bits per heavy atom. The van der Waals surface area contributed by atoms with E-state index in [9.17, 15) is 4.79 Å². The van der Waals surface area contributed by atoms with Gasteiger partial charge in [0.05, 0.1) is 0 Å². The van der Waals surface area contributed by atoms with Crippen LogP contribution in [0.15, 0.2) is 36.4 Å². The number of hydrogen-bond acceptors (Lipinski definition) is 2. The molecule has 17 heavy (non-hydrogen) atoms. The quantitative estimate of drug-likeness (QED) is 0.881. The molecule has 3 heteroatoms. The first-order chi connectivity index (χ1) is 8.15. The highest BCUT2D eigenvalue weighted by atomic mass is 16.5. The summed E-state index contributed by atoms with van der Waals surface area (Å²) in [5, 5.41) is 11.3. The lowest BCUT2D eigenvalue weighted by Crippen LogP contribution is -2.14. The van der Waals surface area contributed by atoms with Crippen molar-refractivity contribution in [2.45, 2.75) is 13.0 Å². The summed E-state index contributed by atoms with van der Waals surface area (Å²) in [6.45, 7) is 1.92. The highest BCUT2D eigenvalue weighted by molar-refractivity contribution is 5.88. The molecule has 3 nitrogen and oxygen atoms in total. The van der Waals surface area contributed by atoms with Crippen molar-refractivity contribution in [1.29, 1.82) is 0 Å². The van der Waals surface area contributed by atoms with Crippen LogP contribution in [0.4, 0.5) is 0 Å². The zero-order chi connectivity index (χ0) is 12.4. The molecule has 2 aromatic carbocycles. The molecule has 0 amide bonds. The number of benzene rings is 2. The fraction of sp³-hybridized carbons (Fsp3) is 0.214. The van der Waals surface area contributed by atoms with Gasteiger partial charge in [0.1, 0.15) is 0 Å². The van der Waals surface area contributed by atoms with Gasteiger partial charge in [-0.15, -0.1) is 0 Å². The average Bonchev–Trinajstić information content (AvgIpc) is 2.33. The Bertz CT molecular complexity index is 560. The minimum absolute atomic E-state index is 0.707. The zero-order valence-corrected chi connectivity index (χ0v) is 9.81. The summed E-state index contributed by atoms with van der Waals surface area (Å²) in [6.07, 6.45) is -0.903. The Morgan fingerprint density at radius 2 is 1.94 bits per heavy atom. The van der Waals surface area contributed by atoms with Gasteiger partial charge < -0.3 is 9.84 Å². The molecular formula is C14H14O3. The third kappa shape index (κ3) is 2.01. The normalized spacial score (nSPS) is 12.6. The van der Waals surface area contributed by atoms with Gasteiger partial charge in [-0.3, -0.25) is 0 Å². The van der Waals surface area contributed by atoms with E-state index < -0.39 is 12.1 Å². The molecule has 0 aliphatic heterocycles. The molecule has 0 aliphatic rings. The number of ether oxygens (including phenoxy) is 1. The number of carboxylic acids is 1. The summed E-state index contributed by atoms with van der Waals surface area (Å²) < 4.78 is 5.03. The van der Waals surface area contributed by atoms with Crippen LogP contribution in [0.3, 0.4) is 0 Å². The van der Waals surface area contributed by atoms with E-state index in [1.165, 1.54) is 7.11 Å². The number of carbonyl (C=O) groups is 1. The molecule has 0 heterocycles. The Kier molecular flexibility index (Phi) is 3.11. The summed E-state index contributed by atoms with van der Waals surface area (Å²) in [5.41, 5.74) is 1.66. The molecule has 0 saturated heterocycles. The van der Waals surface area contributed by atoms with Gasteiger partial charge in [-0.05, 0) is 28.8 Å². The molecule has 1 N–H and O–H groups in total. The van der Waals surface area contributed by atoms with Gasteiger partial charge in [0.25, 0.3) is 0 Å². The van der Waals surface area contributed by atoms with Crippen LogP contribution in [-0.2, 0) is 9.53 Å². The van der Waals surface area contributed by atoms with E-state index in [0.29, 0.717) is 5.56 Å². The maximum Gasteiger partial charge on any atom is 0.337 e. The summed E-state index contributed by atoms with van der Waals surface area (Å²) in [5.74, 6) is -0.967. The second-order valence-corrected chi connectivity index (χ2v) is 3.95. The first-order valence-electron chi connectivity index (χ1n) is 5.39. The lowest BCUT2D eigenvalue weighted by molar-refractivity contribution is -0.148. The lowest BCUT2D eigenvalue weighted by Gasteiger charge is -2.15. The Morgan fingerprint density at radius 3 is 2.59 bits per heavy atom. The van der Waals surface area contributed by atoms with Crippen LogP contribution in [0.25, 0.3) is 10.8 Å². The van der Waals surface area contributed by atoms with Gasteiger partial charge in [-0.25, -0.2) is 4.79 Å². The number of rotatable bonds is 3. The maximum atomic E-state index is 11.1. The van der Waals surface area contributed by atoms with Gasteiger partial charge in [0.15, 0.2) is 6.10 Å². The fourth-order valence-corrected chi connectivity index (χ4v) is 2.09. The van der Waals surface area contributed by atoms with Crippen LogP contribution in [-0.4, -0.2) is 18.2 Å². The van der Waals surface area contributed by atoms with Gasteiger partial charge in [-0.2, -0.15) is 0 Å². The molecule has 0 aliphatic carbocycles. The van der Waals surface area contributed by atoms with E-state index in [0.717, 1.165) is 16.3 Å². The summed E-state index contributed by atoms with van der Waals surface area (Å²) >= 11 is 0. The summed E-state index contributed by atoms with van der Waals surface area (Å²) in [7, 11) is 1.41. The smallest absolute Gasteiger partial charge is 0.337 e. The van der Waals surface area contributed by atoms with Crippen molar-refractivity contribution < 1.29 is 14.6 Å². The number of carboxylic acid groups (broad SMARTS) is 1. The molecule has 1 unspecified atom stereocenters. The molecule has 0 aromatic heterocycles.